The number of carbonyl (C=O) groups excluding carboxylic acids is 1. The number of nitrogens with zero attached hydrogens (tertiary/aromatic N) is 1. The fourth-order valence-corrected chi connectivity index (χ4v) is 3.75. The minimum Gasteiger partial charge on any atom is -0.354 e. The Kier molecular flexibility index (Phi) is 6.07. The molecule has 1 heterocycles. The van der Waals surface area contributed by atoms with E-state index in [0.29, 0.717) is 34.6 Å². The molecule has 1 aliphatic rings. The summed E-state index contributed by atoms with van der Waals surface area (Å²) in [5.41, 5.74) is 3.90. The van der Waals surface area contributed by atoms with E-state index in [2.05, 4.69) is 33.4 Å². The van der Waals surface area contributed by atoms with Crippen molar-refractivity contribution >= 4 is 51.5 Å². The van der Waals surface area contributed by atoms with Gasteiger partial charge in [-0.2, -0.15) is 0 Å². The SMILES string of the molecule is O=C(NOCC1CC1)c1cc(F)c(-n2cccc2)cc1Nc1ccc(I)cc1Cl. The van der Waals surface area contributed by atoms with Crippen LogP contribution >= 0.6 is 34.2 Å². The molecule has 3 aromatic rings. The first kappa shape index (κ1) is 20.2. The van der Waals surface area contributed by atoms with Crippen LogP contribution < -0.4 is 10.8 Å². The van der Waals surface area contributed by atoms with E-state index < -0.39 is 11.7 Å². The third-order valence-corrected chi connectivity index (χ3v) is 5.58. The predicted octanol–water partition coefficient (Wildman–Crippen LogP) is 5.69. The van der Waals surface area contributed by atoms with Crippen molar-refractivity contribution in [1.29, 1.82) is 0 Å². The van der Waals surface area contributed by atoms with Crippen LogP contribution in [0.25, 0.3) is 5.69 Å². The quantitative estimate of drug-likeness (QED) is 0.308. The lowest BCUT2D eigenvalue weighted by Gasteiger charge is -2.16. The summed E-state index contributed by atoms with van der Waals surface area (Å²) in [5.74, 6) is -0.549. The third-order valence-electron chi connectivity index (χ3n) is 4.60. The van der Waals surface area contributed by atoms with Gasteiger partial charge in [-0.05, 0) is 83.8 Å². The lowest BCUT2D eigenvalue weighted by atomic mass is 10.1. The molecule has 0 radical (unpaired) electrons. The van der Waals surface area contributed by atoms with E-state index in [-0.39, 0.29) is 5.56 Å². The highest BCUT2D eigenvalue weighted by Gasteiger charge is 2.23. The zero-order chi connectivity index (χ0) is 20.4. The molecule has 0 bridgehead atoms. The van der Waals surface area contributed by atoms with E-state index in [1.165, 1.54) is 6.07 Å². The molecule has 2 N–H and O–H groups in total. The van der Waals surface area contributed by atoms with Crippen molar-refractivity contribution in [1.82, 2.24) is 10.0 Å². The summed E-state index contributed by atoms with van der Waals surface area (Å²) in [6, 6.07) is 11.9. The van der Waals surface area contributed by atoms with Crippen LogP contribution in [0.2, 0.25) is 5.02 Å². The molecule has 0 aliphatic heterocycles. The van der Waals surface area contributed by atoms with E-state index >= 15 is 0 Å². The topological polar surface area (TPSA) is 55.3 Å². The number of rotatable bonds is 7. The van der Waals surface area contributed by atoms with Gasteiger partial charge in [0.05, 0.1) is 34.3 Å². The molecule has 1 aromatic heterocycles. The number of hydrogen-bond donors (Lipinski definition) is 2. The van der Waals surface area contributed by atoms with Crippen molar-refractivity contribution in [2.45, 2.75) is 12.8 Å². The summed E-state index contributed by atoms with van der Waals surface area (Å²) >= 11 is 8.50. The molecule has 1 amide bonds. The van der Waals surface area contributed by atoms with E-state index in [1.54, 1.807) is 41.2 Å². The number of nitrogens with one attached hydrogen (secondary N) is 2. The molecule has 5 nitrogen and oxygen atoms in total. The Morgan fingerprint density at radius 3 is 2.66 bits per heavy atom. The van der Waals surface area contributed by atoms with Gasteiger partial charge in [-0.25, -0.2) is 9.87 Å². The number of benzene rings is 2. The number of aromatic nitrogens is 1. The van der Waals surface area contributed by atoms with Crippen LogP contribution in [0.15, 0.2) is 54.9 Å². The van der Waals surface area contributed by atoms with Crippen molar-refractivity contribution in [3.63, 3.8) is 0 Å². The van der Waals surface area contributed by atoms with Crippen molar-refractivity contribution in [3.05, 3.63) is 74.8 Å². The molecule has 4 rings (SSSR count). The molecule has 0 unspecified atom stereocenters. The van der Waals surface area contributed by atoms with Gasteiger partial charge in [0.15, 0.2) is 0 Å². The second-order valence-corrected chi connectivity index (χ2v) is 8.53. The zero-order valence-electron chi connectivity index (χ0n) is 15.3. The van der Waals surface area contributed by atoms with Gasteiger partial charge in [0.25, 0.3) is 5.91 Å². The van der Waals surface area contributed by atoms with Gasteiger partial charge < -0.3 is 9.88 Å². The van der Waals surface area contributed by atoms with Crippen LogP contribution in [0.4, 0.5) is 15.8 Å². The highest BCUT2D eigenvalue weighted by atomic mass is 127. The number of anilines is 2. The van der Waals surface area contributed by atoms with Crippen LogP contribution in [-0.2, 0) is 4.84 Å². The number of carbonyl (C=O) groups is 1. The molecular weight excluding hydrogens is 508 g/mol. The van der Waals surface area contributed by atoms with Gasteiger partial charge in [-0.15, -0.1) is 0 Å². The van der Waals surface area contributed by atoms with Crippen molar-refractivity contribution in [2.24, 2.45) is 5.92 Å². The average molecular weight is 526 g/mol. The maximum atomic E-state index is 14.8. The maximum Gasteiger partial charge on any atom is 0.277 e. The van der Waals surface area contributed by atoms with Crippen molar-refractivity contribution < 1.29 is 14.0 Å². The molecule has 0 spiro atoms. The molecule has 8 heteroatoms. The molecular formula is C21H18ClFIN3O2. The standard InChI is InChI=1S/C21H18ClFIN3O2/c22-16-9-14(24)5-6-18(16)25-19-11-20(27-7-1-2-8-27)17(23)10-15(19)21(28)26-29-12-13-3-4-13/h1-2,5-11,13,25H,3-4,12H2,(H,26,28). The van der Waals surface area contributed by atoms with Crippen LogP contribution in [0.5, 0.6) is 0 Å². The predicted molar refractivity (Wildman–Crippen MR) is 119 cm³/mol. The molecule has 0 atom stereocenters. The smallest absolute Gasteiger partial charge is 0.277 e. The number of hydrogen-bond acceptors (Lipinski definition) is 3. The van der Waals surface area contributed by atoms with E-state index in [1.807, 2.05) is 12.1 Å². The molecule has 150 valence electrons. The first-order valence-electron chi connectivity index (χ1n) is 9.12. The minimum absolute atomic E-state index is 0.129. The van der Waals surface area contributed by atoms with Crippen LogP contribution in [0, 0.1) is 15.3 Å². The van der Waals surface area contributed by atoms with Crippen LogP contribution in [-0.4, -0.2) is 17.1 Å². The van der Waals surface area contributed by atoms with Crippen molar-refractivity contribution in [3.8, 4) is 5.69 Å². The second kappa shape index (κ2) is 8.73. The highest BCUT2D eigenvalue weighted by molar-refractivity contribution is 14.1. The normalized spacial score (nSPS) is 13.3. The summed E-state index contributed by atoms with van der Waals surface area (Å²) in [5, 5.41) is 3.66. The van der Waals surface area contributed by atoms with Gasteiger partial charge >= 0.3 is 0 Å². The Balaban J connectivity index is 1.67. The Morgan fingerprint density at radius 1 is 1.21 bits per heavy atom. The highest BCUT2D eigenvalue weighted by Crippen LogP contribution is 2.32. The average Bonchev–Trinajstić information content (AvgIpc) is 3.35. The Labute approximate surface area is 186 Å². The second-order valence-electron chi connectivity index (χ2n) is 6.87. The van der Waals surface area contributed by atoms with Gasteiger partial charge in [0.1, 0.15) is 5.82 Å². The Morgan fingerprint density at radius 2 is 1.97 bits per heavy atom. The first-order chi connectivity index (χ1) is 14.0. The fourth-order valence-electron chi connectivity index (χ4n) is 2.85. The van der Waals surface area contributed by atoms with Gasteiger partial charge in [-0.3, -0.25) is 9.63 Å². The third kappa shape index (κ3) is 4.91. The zero-order valence-corrected chi connectivity index (χ0v) is 18.2. The molecule has 29 heavy (non-hydrogen) atoms. The molecule has 2 aromatic carbocycles. The summed E-state index contributed by atoms with van der Waals surface area (Å²) in [4.78, 5) is 17.9. The van der Waals surface area contributed by atoms with Gasteiger partial charge in [-0.1, -0.05) is 11.6 Å². The molecule has 1 aliphatic carbocycles. The summed E-state index contributed by atoms with van der Waals surface area (Å²) in [7, 11) is 0. The van der Waals surface area contributed by atoms with E-state index in [9.17, 15) is 9.18 Å². The lowest BCUT2D eigenvalue weighted by Crippen LogP contribution is -2.26. The number of halogens is 3. The number of hydroxylamine groups is 1. The fraction of sp³-hybridized carbons (Fsp3) is 0.190. The monoisotopic (exact) mass is 525 g/mol. The lowest BCUT2D eigenvalue weighted by molar-refractivity contribution is 0.0270. The maximum absolute atomic E-state index is 14.8. The summed E-state index contributed by atoms with van der Waals surface area (Å²) in [6.45, 7) is 0.460. The van der Waals surface area contributed by atoms with Crippen molar-refractivity contribution in [2.75, 3.05) is 11.9 Å². The minimum atomic E-state index is -0.521. The molecule has 1 fully saturated rings. The van der Waals surface area contributed by atoms with Gasteiger partial charge in [0.2, 0.25) is 0 Å². The Hall–Kier alpha value is -2.10. The largest absolute Gasteiger partial charge is 0.354 e. The molecule has 0 saturated heterocycles. The summed E-state index contributed by atoms with van der Waals surface area (Å²) in [6.07, 6.45) is 5.68. The van der Waals surface area contributed by atoms with E-state index in [4.69, 9.17) is 16.4 Å². The van der Waals surface area contributed by atoms with Crippen LogP contribution in [0.1, 0.15) is 23.2 Å². The Bertz CT molecular complexity index is 1040. The number of amides is 1. The van der Waals surface area contributed by atoms with Crippen LogP contribution in [0.3, 0.4) is 0 Å². The summed E-state index contributed by atoms with van der Waals surface area (Å²) < 4.78 is 17.4. The van der Waals surface area contributed by atoms with E-state index in [0.717, 1.165) is 16.4 Å². The first-order valence-corrected chi connectivity index (χ1v) is 10.6. The van der Waals surface area contributed by atoms with Gasteiger partial charge in [0, 0.05) is 16.0 Å². The molecule has 1 saturated carbocycles.